The van der Waals surface area contributed by atoms with Crippen LogP contribution in [0.1, 0.15) is 16.1 Å². The molecule has 1 N–H and O–H groups in total. The summed E-state index contributed by atoms with van der Waals surface area (Å²) in [6, 6.07) is 5.74. The first-order valence-corrected chi connectivity index (χ1v) is 9.23. The van der Waals surface area contributed by atoms with Gasteiger partial charge in [-0.1, -0.05) is 0 Å². The lowest BCUT2D eigenvalue weighted by atomic mass is 10.2. The normalized spacial score (nSPS) is 14.7. The Bertz CT molecular complexity index is 721. The molecule has 144 valence electrons. The Hall–Kier alpha value is -2.58. The highest BCUT2D eigenvalue weighted by molar-refractivity contribution is 5.92. The van der Waals surface area contributed by atoms with Crippen LogP contribution in [0.3, 0.4) is 0 Å². The summed E-state index contributed by atoms with van der Waals surface area (Å²) in [5.41, 5.74) is 1.60. The smallest absolute Gasteiger partial charge is 0.270 e. The fraction of sp³-hybridized carbons (Fsp3) is 0.474. The van der Waals surface area contributed by atoms with Gasteiger partial charge in [0.25, 0.3) is 5.91 Å². The van der Waals surface area contributed by atoms with Crippen molar-refractivity contribution in [1.29, 1.82) is 0 Å². The molecule has 2 aromatic rings. The van der Waals surface area contributed by atoms with E-state index in [0.29, 0.717) is 12.2 Å². The van der Waals surface area contributed by atoms with Gasteiger partial charge in [0.1, 0.15) is 17.8 Å². The maximum atomic E-state index is 12.4. The first-order chi connectivity index (χ1) is 13.2. The van der Waals surface area contributed by atoms with Gasteiger partial charge in [0.05, 0.1) is 13.2 Å². The summed E-state index contributed by atoms with van der Waals surface area (Å²) in [5.74, 6) is 0.562. The van der Waals surface area contributed by atoms with Gasteiger partial charge in [0.2, 0.25) is 0 Å². The van der Waals surface area contributed by atoms with Crippen LogP contribution in [0.4, 0.5) is 5.82 Å². The Morgan fingerprint density at radius 1 is 1.26 bits per heavy atom. The lowest BCUT2D eigenvalue weighted by molar-refractivity contribution is 0.0383. The highest BCUT2D eigenvalue weighted by Gasteiger charge is 2.13. The molecule has 2 aromatic heterocycles. The monoisotopic (exact) mass is 370 g/mol. The van der Waals surface area contributed by atoms with Crippen molar-refractivity contribution in [2.45, 2.75) is 6.42 Å². The first kappa shape index (κ1) is 19.2. The molecule has 3 heterocycles. The second-order valence-corrected chi connectivity index (χ2v) is 6.50. The number of nitrogens with zero attached hydrogens (tertiary/aromatic N) is 5. The van der Waals surface area contributed by atoms with Gasteiger partial charge >= 0.3 is 0 Å². The van der Waals surface area contributed by atoms with Gasteiger partial charge in [-0.05, 0) is 24.1 Å². The fourth-order valence-electron chi connectivity index (χ4n) is 2.88. The third-order valence-electron chi connectivity index (χ3n) is 4.58. The van der Waals surface area contributed by atoms with Crippen LogP contribution in [-0.2, 0) is 11.2 Å². The van der Waals surface area contributed by atoms with Crippen LogP contribution in [0.2, 0.25) is 0 Å². The molecule has 0 aliphatic carbocycles. The van der Waals surface area contributed by atoms with E-state index in [1.54, 1.807) is 18.5 Å². The largest absolute Gasteiger partial charge is 0.379 e. The van der Waals surface area contributed by atoms with Gasteiger partial charge in [0, 0.05) is 58.2 Å². The molecule has 1 aliphatic heterocycles. The molecule has 0 unspecified atom stereocenters. The lowest BCUT2D eigenvalue weighted by Gasteiger charge is -2.26. The molecule has 1 saturated heterocycles. The van der Waals surface area contributed by atoms with Crippen molar-refractivity contribution in [3.8, 4) is 0 Å². The number of likely N-dealkylation sites (N-methyl/N-ethyl adjacent to an activating group) is 1. The average molecular weight is 370 g/mol. The lowest BCUT2D eigenvalue weighted by Crippen LogP contribution is -2.41. The summed E-state index contributed by atoms with van der Waals surface area (Å²) in [7, 11) is 1.96. The Morgan fingerprint density at radius 2 is 2.04 bits per heavy atom. The van der Waals surface area contributed by atoms with Gasteiger partial charge in [0.15, 0.2) is 0 Å². The SMILES string of the molecule is CN(CCc1ccncc1)c1cc(C(=O)NCCN2CCOCC2)ncn1. The molecule has 1 aliphatic rings. The zero-order chi connectivity index (χ0) is 18.9. The summed E-state index contributed by atoms with van der Waals surface area (Å²) in [6.07, 6.45) is 5.90. The number of morpholine rings is 1. The predicted octanol–water partition coefficient (Wildman–Crippen LogP) is 0.613. The molecule has 3 rings (SSSR count). The van der Waals surface area contributed by atoms with E-state index in [1.165, 1.54) is 11.9 Å². The topological polar surface area (TPSA) is 83.5 Å². The van der Waals surface area contributed by atoms with Crippen LogP contribution < -0.4 is 10.2 Å². The fourth-order valence-corrected chi connectivity index (χ4v) is 2.88. The van der Waals surface area contributed by atoms with Crippen molar-refractivity contribution in [2.24, 2.45) is 0 Å². The van der Waals surface area contributed by atoms with Crippen molar-refractivity contribution in [1.82, 2.24) is 25.2 Å². The maximum Gasteiger partial charge on any atom is 0.270 e. The summed E-state index contributed by atoms with van der Waals surface area (Å²) in [4.78, 5) is 29.1. The van der Waals surface area contributed by atoms with Gasteiger partial charge in [-0.2, -0.15) is 0 Å². The van der Waals surface area contributed by atoms with Crippen LogP contribution in [-0.4, -0.2) is 78.7 Å². The number of nitrogens with one attached hydrogen (secondary N) is 1. The molecule has 0 aromatic carbocycles. The van der Waals surface area contributed by atoms with Gasteiger partial charge in [-0.15, -0.1) is 0 Å². The Labute approximate surface area is 159 Å². The summed E-state index contributed by atoms with van der Waals surface area (Å²) in [6.45, 7) is 5.55. The van der Waals surface area contributed by atoms with E-state index < -0.39 is 0 Å². The van der Waals surface area contributed by atoms with Crippen LogP contribution in [0.15, 0.2) is 36.9 Å². The maximum absolute atomic E-state index is 12.4. The highest BCUT2D eigenvalue weighted by Crippen LogP contribution is 2.10. The van der Waals surface area contributed by atoms with E-state index in [4.69, 9.17) is 4.74 Å². The molecule has 0 bridgehead atoms. The molecule has 1 fully saturated rings. The predicted molar refractivity (Wildman–Crippen MR) is 103 cm³/mol. The quantitative estimate of drug-likeness (QED) is 0.729. The number of aromatic nitrogens is 3. The zero-order valence-corrected chi connectivity index (χ0v) is 15.7. The van der Waals surface area contributed by atoms with E-state index in [-0.39, 0.29) is 5.91 Å². The molecule has 27 heavy (non-hydrogen) atoms. The number of carbonyl (C=O) groups excluding carboxylic acids is 1. The van der Waals surface area contributed by atoms with Crippen LogP contribution in [0.25, 0.3) is 0 Å². The van der Waals surface area contributed by atoms with Crippen LogP contribution in [0.5, 0.6) is 0 Å². The van der Waals surface area contributed by atoms with Crippen molar-refractivity contribution >= 4 is 11.7 Å². The summed E-state index contributed by atoms with van der Waals surface area (Å²) < 4.78 is 5.33. The zero-order valence-electron chi connectivity index (χ0n) is 15.7. The molecule has 0 radical (unpaired) electrons. The van der Waals surface area contributed by atoms with Gasteiger partial charge in [-0.25, -0.2) is 9.97 Å². The number of amides is 1. The number of hydrogen-bond donors (Lipinski definition) is 1. The highest BCUT2D eigenvalue weighted by atomic mass is 16.5. The van der Waals surface area contributed by atoms with E-state index in [0.717, 1.165) is 51.6 Å². The van der Waals surface area contributed by atoms with E-state index in [9.17, 15) is 4.79 Å². The molecule has 8 heteroatoms. The second-order valence-electron chi connectivity index (χ2n) is 6.50. The Balaban J connectivity index is 1.48. The number of anilines is 1. The standard InChI is InChI=1S/C19H26N6O2/c1-24(8-4-16-2-5-20-6-3-16)18-14-17(22-15-23-18)19(26)21-7-9-25-10-12-27-13-11-25/h2-3,5-6,14-15H,4,7-13H2,1H3,(H,21,26). The molecule has 0 spiro atoms. The van der Waals surface area contributed by atoms with E-state index in [1.807, 2.05) is 24.1 Å². The summed E-state index contributed by atoms with van der Waals surface area (Å²) in [5, 5.41) is 2.93. The molecule has 0 atom stereocenters. The third kappa shape index (κ3) is 5.97. The molecular formula is C19H26N6O2. The van der Waals surface area contributed by atoms with Crippen molar-refractivity contribution in [3.05, 3.63) is 48.2 Å². The minimum Gasteiger partial charge on any atom is -0.379 e. The van der Waals surface area contributed by atoms with Gasteiger partial charge < -0.3 is 15.0 Å². The van der Waals surface area contributed by atoms with Gasteiger partial charge in [-0.3, -0.25) is 14.7 Å². The summed E-state index contributed by atoms with van der Waals surface area (Å²) >= 11 is 0. The molecule has 0 saturated carbocycles. The number of pyridine rings is 1. The molecular weight excluding hydrogens is 344 g/mol. The third-order valence-corrected chi connectivity index (χ3v) is 4.58. The van der Waals surface area contributed by atoms with Crippen molar-refractivity contribution in [2.75, 3.05) is 57.9 Å². The van der Waals surface area contributed by atoms with Crippen molar-refractivity contribution < 1.29 is 9.53 Å². The first-order valence-electron chi connectivity index (χ1n) is 9.23. The Kier molecular flexibility index (Phi) is 7.06. The molecule has 8 nitrogen and oxygen atoms in total. The average Bonchev–Trinajstić information content (AvgIpc) is 2.73. The minimum atomic E-state index is -0.172. The van der Waals surface area contributed by atoms with Crippen molar-refractivity contribution in [3.63, 3.8) is 0 Å². The number of rotatable bonds is 8. The van der Waals surface area contributed by atoms with E-state index >= 15 is 0 Å². The van der Waals surface area contributed by atoms with E-state index in [2.05, 4.69) is 25.2 Å². The number of hydrogen-bond acceptors (Lipinski definition) is 7. The van der Waals surface area contributed by atoms with Crippen LogP contribution >= 0.6 is 0 Å². The second kappa shape index (κ2) is 9.94. The molecule has 1 amide bonds. The number of carbonyl (C=O) groups is 1. The number of ether oxygens (including phenoxy) is 1. The minimum absolute atomic E-state index is 0.172. The Morgan fingerprint density at radius 3 is 2.81 bits per heavy atom. The van der Waals surface area contributed by atoms with Crippen LogP contribution in [0, 0.1) is 0 Å².